The Hall–Kier alpha value is -1.62. The van der Waals surface area contributed by atoms with Gasteiger partial charge in [0.1, 0.15) is 6.61 Å². The molecule has 0 radical (unpaired) electrons. The van der Waals surface area contributed by atoms with Crippen molar-refractivity contribution in [2.75, 3.05) is 33.9 Å². The van der Waals surface area contributed by atoms with Crippen molar-refractivity contribution in [2.24, 2.45) is 0 Å². The maximum Gasteiger partial charge on any atom is 0.333 e. The molecule has 0 N–H and O–H groups in total. The smallest absolute Gasteiger partial charge is 0.333 e. The molecule has 0 saturated carbocycles. The number of carbonyl (C=O) groups excluding carboxylic acids is 2. The summed E-state index contributed by atoms with van der Waals surface area (Å²) in [7, 11) is 3.85. The van der Waals surface area contributed by atoms with Gasteiger partial charge in [-0.15, -0.1) is 0 Å². The van der Waals surface area contributed by atoms with Crippen molar-refractivity contribution in [3.05, 3.63) is 24.8 Å². The lowest BCUT2D eigenvalue weighted by Gasteiger charge is -2.09. The zero-order valence-electron chi connectivity index (χ0n) is 15.9. The summed E-state index contributed by atoms with van der Waals surface area (Å²) in [6, 6.07) is 0. The van der Waals surface area contributed by atoms with Crippen LogP contribution in [0.2, 0.25) is 0 Å². The molecule has 0 saturated heterocycles. The summed E-state index contributed by atoms with van der Waals surface area (Å²) in [4.78, 5) is 23.3. The van der Waals surface area contributed by atoms with Crippen LogP contribution < -0.4 is 0 Å². The Labute approximate surface area is 147 Å². The molecule has 24 heavy (non-hydrogen) atoms. The van der Waals surface area contributed by atoms with Gasteiger partial charge in [-0.05, 0) is 27.4 Å². The third kappa shape index (κ3) is 20.4. The number of esters is 2. The Morgan fingerprint density at radius 3 is 2.08 bits per heavy atom. The Morgan fingerprint density at radius 2 is 1.58 bits per heavy atom. The van der Waals surface area contributed by atoms with Gasteiger partial charge in [-0.1, -0.05) is 52.2 Å². The number of ether oxygens (including phenoxy) is 2. The zero-order valence-corrected chi connectivity index (χ0v) is 15.9. The lowest BCUT2D eigenvalue weighted by Crippen LogP contribution is -2.20. The average molecular weight is 341 g/mol. The highest BCUT2D eigenvalue weighted by atomic mass is 16.5. The fourth-order valence-electron chi connectivity index (χ4n) is 1.56. The van der Waals surface area contributed by atoms with Gasteiger partial charge in [0.25, 0.3) is 0 Å². The fourth-order valence-corrected chi connectivity index (χ4v) is 1.56. The first-order chi connectivity index (χ1) is 11.3. The van der Waals surface area contributed by atoms with Crippen molar-refractivity contribution >= 4 is 11.9 Å². The lowest BCUT2D eigenvalue weighted by molar-refractivity contribution is -0.139. The molecule has 0 aromatic heterocycles. The monoisotopic (exact) mass is 341 g/mol. The van der Waals surface area contributed by atoms with Gasteiger partial charge in [0, 0.05) is 18.2 Å². The molecule has 5 heteroatoms. The first-order valence-corrected chi connectivity index (χ1v) is 8.61. The molecule has 0 heterocycles. The fraction of sp³-hybridized carbons (Fsp3) is 0.684. The molecule has 0 atom stereocenters. The minimum atomic E-state index is -0.313. The van der Waals surface area contributed by atoms with Gasteiger partial charge in [-0.25, -0.2) is 9.59 Å². The number of rotatable bonds is 12. The van der Waals surface area contributed by atoms with Crippen LogP contribution in [0, 0.1) is 0 Å². The molecular weight excluding hydrogens is 306 g/mol. The summed E-state index contributed by atoms with van der Waals surface area (Å²) >= 11 is 0. The van der Waals surface area contributed by atoms with Crippen molar-refractivity contribution < 1.29 is 19.1 Å². The van der Waals surface area contributed by atoms with E-state index in [2.05, 4.69) is 20.1 Å². The minimum Gasteiger partial charge on any atom is -0.463 e. The van der Waals surface area contributed by atoms with Crippen molar-refractivity contribution in [1.82, 2.24) is 4.90 Å². The van der Waals surface area contributed by atoms with Crippen LogP contribution in [0.5, 0.6) is 0 Å². The molecule has 5 nitrogen and oxygen atoms in total. The van der Waals surface area contributed by atoms with E-state index in [4.69, 9.17) is 9.47 Å². The largest absolute Gasteiger partial charge is 0.463 e. The third-order valence-electron chi connectivity index (χ3n) is 3.03. The van der Waals surface area contributed by atoms with Crippen LogP contribution in [-0.2, 0) is 19.1 Å². The number of nitrogens with zero attached hydrogens (tertiary/aromatic N) is 1. The van der Waals surface area contributed by atoms with Gasteiger partial charge in [-0.2, -0.15) is 0 Å². The predicted octanol–water partition coefficient (Wildman–Crippen LogP) is 3.74. The molecule has 0 rings (SSSR count). The molecule has 0 aliphatic carbocycles. The molecule has 0 fully saturated rings. The molecule has 0 unspecified atom stereocenters. The first kappa shape index (κ1) is 24.6. The second-order valence-corrected chi connectivity index (χ2v) is 5.86. The number of unbranched alkanes of at least 4 members (excludes halogenated alkanes) is 5. The van der Waals surface area contributed by atoms with E-state index in [1.165, 1.54) is 31.8 Å². The van der Waals surface area contributed by atoms with Crippen LogP contribution in [0.4, 0.5) is 0 Å². The molecular formula is C19H35NO4. The van der Waals surface area contributed by atoms with E-state index in [9.17, 15) is 9.59 Å². The molecule has 0 spiro atoms. The van der Waals surface area contributed by atoms with Crippen LogP contribution in [0.3, 0.4) is 0 Å². The highest BCUT2D eigenvalue weighted by Crippen LogP contribution is 2.04. The standard InChI is InChI=1S/C11H20O2.C8H15NO2/c1-3-5-6-7-8-9-10-13-11(12)4-2;1-7(2)8(10)11-6-5-9(3)4/h4H,2-3,5-10H2,1H3;1,5-6H2,2-4H3. The maximum atomic E-state index is 10.8. The molecule has 0 aliphatic rings. The molecule has 0 bridgehead atoms. The molecule has 0 aromatic carbocycles. The van der Waals surface area contributed by atoms with E-state index >= 15 is 0 Å². The van der Waals surface area contributed by atoms with Crippen LogP contribution in [0.15, 0.2) is 24.8 Å². The SMILES string of the molecule is C=C(C)C(=O)OCCN(C)C.C=CC(=O)OCCCCCCCC. The van der Waals surface area contributed by atoms with E-state index < -0.39 is 0 Å². The van der Waals surface area contributed by atoms with E-state index in [0.29, 0.717) is 18.8 Å². The van der Waals surface area contributed by atoms with Gasteiger partial charge in [0.05, 0.1) is 6.61 Å². The number of carbonyl (C=O) groups is 2. The van der Waals surface area contributed by atoms with Crippen LogP contribution in [0.1, 0.15) is 52.4 Å². The first-order valence-electron chi connectivity index (χ1n) is 8.61. The summed E-state index contributed by atoms with van der Waals surface area (Å²) in [6.07, 6.45) is 8.47. The Balaban J connectivity index is 0. The zero-order chi connectivity index (χ0) is 18.8. The number of hydrogen-bond donors (Lipinski definition) is 0. The van der Waals surface area contributed by atoms with E-state index in [0.717, 1.165) is 19.4 Å². The van der Waals surface area contributed by atoms with E-state index in [1.54, 1.807) is 6.92 Å². The van der Waals surface area contributed by atoms with Crippen molar-refractivity contribution in [3.63, 3.8) is 0 Å². The van der Waals surface area contributed by atoms with Crippen LogP contribution in [0.25, 0.3) is 0 Å². The molecule has 0 amide bonds. The lowest BCUT2D eigenvalue weighted by atomic mass is 10.1. The predicted molar refractivity (Wildman–Crippen MR) is 98.9 cm³/mol. The van der Waals surface area contributed by atoms with Gasteiger partial charge in [-0.3, -0.25) is 0 Å². The summed E-state index contributed by atoms with van der Waals surface area (Å²) in [5, 5.41) is 0. The van der Waals surface area contributed by atoms with Gasteiger partial charge >= 0.3 is 11.9 Å². The summed E-state index contributed by atoms with van der Waals surface area (Å²) < 4.78 is 9.67. The normalized spacial score (nSPS) is 9.71. The summed E-state index contributed by atoms with van der Waals surface area (Å²) in [5.41, 5.74) is 0.448. The second-order valence-electron chi connectivity index (χ2n) is 5.86. The minimum absolute atomic E-state index is 0.312. The Morgan fingerprint density at radius 1 is 1.00 bits per heavy atom. The maximum absolute atomic E-state index is 10.8. The van der Waals surface area contributed by atoms with Gasteiger partial charge in [0.15, 0.2) is 0 Å². The quantitative estimate of drug-likeness (QED) is 0.307. The Kier molecular flexibility index (Phi) is 18.2. The second kappa shape index (κ2) is 17.7. The highest BCUT2D eigenvalue weighted by Gasteiger charge is 2.01. The summed E-state index contributed by atoms with van der Waals surface area (Å²) in [6.45, 7) is 12.3. The van der Waals surface area contributed by atoms with Crippen molar-refractivity contribution in [3.8, 4) is 0 Å². The van der Waals surface area contributed by atoms with E-state index in [1.807, 2.05) is 19.0 Å². The molecule has 140 valence electrons. The van der Waals surface area contributed by atoms with Crippen LogP contribution in [-0.4, -0.2) is 50.7 Å². The van der Waals surface area contributed by atoms with Crippen LogP contribution >= 0.6 is 0 Å². The van der Waals surface area contributed by atoms with Gasteiger partial charge < -0.3 is 14.4 Å². The van der Waals surface area contributed by atoms with Crippen molar-refractivity contribution in [1.29, 1.82) is 0 Å². The summed E-state index contributed by atoms with van der Waals surface area (Å²) in [5.74, 6) is -0.625. The number of hydrogen-bond acceptors (Lipinski definition) is 5. The average Bonchev–Trinajstić information content (AvgIpc) is 2.53. The van der Waals surface area contributed by atoms with Gasteiger partial charge in [0.2, 0.25) is 0 Å². The Bertz CT molecular complexity index is 364. The van der Waals surface area contributed by atoms with E-state index in [-0.39, 0.29) is 11.9 Å². The molecule has 0 aliphatic heterocycles. The molecule has 0 aromatic rings. The third-order valence-corrected chi connectivity index (χ3v) is 3.03. The topological polar surface area (TPSA) is 55.8 Å². The van der Waals surface area contributed by atoms with Crippen molar-refractivity contribution in [2.45, 2.75) is 52.4 Å². The number of likely N-dealkylation sites (N-methyl/N-ethyl adjacent to an activating group) is 1. The highest BCUT2D eigenvalue weighted by molar-refractivity contribution is 5.86.